The number of amides is 10. The summed E-state index contributed by atoms with van der Waals surface area (Å²) in [7, 11) is 0. The maximum absolute atomic E-state index is 13.3. The molecule has 0 saturated carbocycles. The third kappa shape index (κ3) is 57.3. The molecule has 0 aliphatic heterocycles. The number of ketones is 2. The Labute approximate surface area is 536 Å². The fraction of sp³-hybridized carbons (Fsp3) is 0.772. The standard InChI is InChI=1S/C57H102N12O21S/c1-42(70)35-67-45(55(58)80)11-4-7-17-61-50(75)37-87-31-28-84-24-20-63-51(76)38-88-32-27-83-23-19-62-49(74)15-10-14-48(73)60-16-8-6-13-47(57(82)66-18-9-5-12-46(56(59)81)68-36-43(2)71)69-53(78)40-90-34-30-85-25-21-64-52(77)39-89-33-29-86-26-22-65-54(79)41-91-44(3)72/h45-47,67-68H,4-41H2,1-3H3,(H2,58,80)(H2,59,81)(H,60,73)(H,61,75)(H,62,74)(H,63,76)(H,64,77)(H,65,79)(H,66,82)(H,69,78)/t45-,46+,47-/m0/s1. The second kappa shape index (κ2) is 58.7. The average molecular weight is 1320 g/mol. The van der Waals surface area contributed by atoms with Crippen LogP contribution in [0, 0.1) is 0 Å². The van der Waals surface area contributed by atoms with Gasteiger partial charge in [-0.15, -0.1) is 0 Å². The van der Waals surface area contributed by atoms with Crippen LogP contribution in [0.1, 0.15) is 97.8 Å². The highest BCUT2D eigenvalue weighted by molar-refractivity contribution is 8.14. The molecular weight excluding hydrogens is 1220 g/mol. The first-order valence-electron chi connectivity index (χ1n) is 30.7. The van der Waals surface area contributed by atoms with Gasteiger partial charge >= 0.3 is 0 Å². The number of Topliss-reactive ketones (excluding diaryl/α,β-unsaturated/α-hetero) is 2. The largest absolute Gasteiger partial charge is 0.377 e. The number of nitrogens with one attached hydrogen (secondary N) is 10. The van der Waals surface area contributed by atoms with Gasteiger partial charge in [-0.25, -0.2) is 0 Å². The number of carbonyl (C=O) groups excluding carboxylic acids is 13. The van der Waals surface area contributed by atoms with Crippen molar-refractivity contribution < 1.29 is 100 Å². The number of unbranched alkanes of at least 4 members (excludes halogenated alkanes) is 3. The van der Waals surface area contributed by atoms with Crippen LogP contribution in [0.25, 0.3) is 0 Å². The van der Waals surface area contributed by atoms with E-state index in [2.05, 4.69) is 53.2 Å². The van der Waals surface area contributed by atoms with E-state index in [1.165, 1.54) is 20.8 Å². The molecule has 33 nitrogen and oxygen atoms in total. The summed E-state index contributed by atoms with van der Waals surface area (Å²) in [5.74, 6) is -4.11. The lowest BCUT2D eigenvalue weighted by atomic mass is 10.1. The lowest BCUT2D eigenvalue weighted by Gasteiger charge is -2.19. The summed E-state index contributed by atoms with van der Waals surface area (Å²) < 4.78 is 42.9. The molecule has 0 aliphatic rings. The maximum atomic E-state index is 13.3. The third-order valence-electron chi connectivity index (χ3n) is 12.1. The van der Waals surface area contributed by atoms with Gasteiger partial charge in [0.15, 0.2) is 5.12 Å². The van der Waals surface area contributed by atoms with Gasteiger partial charge < -0.3 is 91.9 Å². The van der Waals surface area contributed by atoms with E-state index in [1.807, 2.05) is 0 Å². The van der Waals surface area contributed by atoms with Crippen molar-refractivity contribution in [1.82, 2.24) is 53.2 Å². The van der Waals surface area contributed by atoms with Crippen LogP contribution in [0.4, 0.5) is 0 Å². The minimum atomic E-state index is -0.931. The van der Waals surface area contributed by atoms with Crippen LogP contribution in [0.5, 0.6) is 0 Å². The molecule has 0 aliphatic carbocycles. The van der Waals surface area contributed by atoms with Gasteiger partial charge in [-0.1, -0.05) is 11.8 Å². The summed E-state index contributed by atoms with van der Waals surface area (Å²) in [5, 5.41) is 27.1. The molecule has 3 atom stereocenters. The van der Waals surface area contributed by atoms with Crippen molar-refractivity contribution in [2.75, 3.05) is 170 Å². The summed E-state index contributed by atoms with van der Waals surface area (Å²) in [4.78, 5) is 155. The topological polar surface area (TPSA) is 468 Å². The number of thioether (sulfide) groups is 1. The summed E-state index contributed by atoms with van der Waals surface area (Å²) in [6.07, 6.45) is 4.72. The van der Waals surface area contributed by atoms with E-state index in [0.29, 0.717) is 70.9 Å². The molecule has 34 heteroatoms. The zero-order valence-corrected chi connectivity index (χ0v) is 54.1. The van der Waals surface area contributed by atoms with Crippen LogP contribution in [0.15, 0.2) is 0 Å². The molecular formula is C57H102N12O21S. The Balaban J connectivity index is 4.31. The molecule has 0 unspecified atom stereocenters. The highest BCUT2D eigenvalue weighted by Gasteiger charge is 2.22. The van der Waals surface area contributed by atoms with Gasteiger partial charge in [0.1, 0.15) is 44.0 Å². The van der Waals surface area contributed by atoms with E-state index in [0.717, 1.165) is 11.8 Å². The van der Waals surface area contributed by atoms with Crippen molar-refractivity contribution >= 4 is 87.5 Å². The van der Waals surface area contributed by atoms with E-state index in [4.69, 9.17) is 49.4 Å². The second-order valence-electron chi connectivity index (χ2n) is 20.4. The summed E-state index contributed by atoms with van der Waals surface area (Å²) >= 11 is 0.918. The molecule has 0 aromatic carbocycles. The van der Waals surface area contributed by atoms with Crippen LogP contribution in [-0.2, 0) is 100 Å². The molecule has 0 rings (SSSR count). The summed E-state index contributed by atoms with van der Waals surface area (Å²) in [6.45, 7) is 7.28. The molecule has 0 aromatic heterocycles. The number of primary amides is 2. The normalized spacial score (nSPS) is 11.9. The zero-order valence-electron chi connectivity index (χ0n) is 53.2. The van der Waals surface area contributed by atoms with Gasteiger partial charge in [0.05, 0.1) is 110 Å². The molecule has 0 aromatic rings. The minimum Gasteiger partial charge on any atom is -0.377 e. The third-order valence-corrected chi connectivity index (χ3v) is 13.0. The molecule has 0 saturated heterocycles. The monoisotopic (exact) mass is 1320 g/mol. The molecule has 0 radical (unpaired) electrons. The summed E-state index contributed by atoms with van der Waals surface area (Å²) in [5.41, 5.74) is 10.8. The Hall–Kier alpha value is -6.34. The van der Waals surface area contributed by atoms with Crippen molar-refractivity contribution in [1.29, 1.82) is 0 Å². The Kier molecular flexibility index (Phi) is 54.6. The van der Waals surface area contributed by atoms with Crippen LogP contribution in [0.3, 0.4) is 0 Å². The number of ether oxygens (including phenoxy) is 8. The van der Waals surface area contributed by atoms with Crippen molar-refractivity contribution in [2.45, 2.75) is 116 Å². The number of hydrogen-bond acceptors (Lipinski definition) is 24. The van der Waals surface area contributed by atoms with E-state index in [9.17, 15) is 62.3 Å². The predicted octanol–water partition coefficient (Wildman–Crippen LogP) is -4.56. The Morgan fingerprint density at radius 2 is 0.659 bits per heavy atom. The van der Waals surface area contributed by atoms with E-state index in [-0.39, 0.29) is 229 Å². The van der Waals surface area contributed by atoms with E-state index < -0.39 is 41.8 Å². The number of nitrogens with two attached hydrogens (primary N) is 2. The fourth-order valence-electron chi connectivity index (χ4n) is 7.49. The van der Waals surface area contributed by atoms with Crippen LogP contribution < -0.4 is 64.6 Å². The van der Waals surface area contributed by atoms with Crippen LogP contribution >= 0.6 is 11.8 Å². The van der Waals surface area contributed by atoms with Crippen LogP contribution in [0.2, 0.25) is 0 Å². The van der Waals surface area contributed by atoms with Crippen LogP contribution in [-0.4, -0.2) is 264 Å². The first-order chi connectivity index (χ1) is 43.7. The molecule has 10 amide bonds. The first-order valence-corrected chi connectivity index (χ1v) is 31.6. The average Bonchev–Trinajstić information content (AvgIpc) is 3.28. The maximum Gasteiger partial charge on any atom is 0.246 e. The minimum absolute atomic E-state index is 0.00172. The molecule has 0 bridgehead atoms. The predicted molar refractivity (Wildman–Crippen MR) is 331 cm³/mol. The molecule has 0 spiro atoms. The molecule has 14 N–H and O–H groups in total. The lowest BCUT2D eigenvalue weighted by Crippen LogP contribution is -2.48. The Morgan fingerprint density at radius 3 is 1.03 bits per heavy atom. The number of hydrogen-bond donors (Lipinski definition) is 12. The smallest absolute Gasteiger partial charge is 0.246 e. The van der Waals surface area contributed by atoms with Gasteiger partial charge in [-0.3, -0.25) is 73.0 Å². The molecule has 0 heterocycles. The summed E-state index contributed by atoms with van der Waals surface area (Å²) in [6, 6.07) is -2.24. The van der Waals surface area contributed by atoms with E-state index in [1.54, 1.807) is 0 Å². The van der Waals surface area contributed by atoms with Gasteiger partial charge in [0.2, 0.25) is 59.1 Å². The van der Waals surface area contributed by atoms with Gasteiger partial charge in [0, 0.05) is 65.6 Å². The van der Waals surface area contributed by atoms with Crippen molar-refractivity contribution in [3.05, 3.63) is 0 Å². The first kappa shape index (κ1) is 84.7. The Bertz CT molecular complexity index is 2140. The van der Waals surface area contributed by atoms with Crippen molar-refractivity contribution in [3.8, 4) is 0 Å². The lowest BCUT2D eigenvalue weighted by molar-refractivity contribution is -0.132. The Morgan fingerprint density at radius 1 is 0.341 bits per heavy atom. The molecule has 522 valence electrons. The van der Waals surface area contributed by atoms with Gasteiger partial charge in [-0.2, -0.15) is 0 Å². The highest BCUT2D eigenvalue weighted by Crippen LogP contribution is 2.06. The number of carbonyl (C=O) groups is 13. The van der Waals surface area contributed by atoms with Crippen molar-refractivity contribution in [3.63, 3.8) is 0 Å². The van der Waals surface area contributed by atoms with Crippen molar-refractivity contribution in [2.24, 2.45) is 11.5 Å². The van der Waals surface area contributed by atoms with Gasteiger partial charge in [0.25, 0.3) is 0 Å². The quantitative estimate of drug-likeness (QED) is 0.0255. The van der Waals surface area contributed by atoms with E-state index >= 15 is 0 Å². The zero-order chi connectivity index (χ0) is 67.5. The molecule has 91 heavy (non-hydrogen) atoms. The number of rotatable bonds is 63. The molecule has 0 fully saturated rings. The SMILES string of the molecule is CC(=O)CN[C@@H](CCCCNC(=O)COCCOCCNC(=O)COCCOCCNC(=O)CCCC(=O)NCCCC[C@H](NC(=O)COCCOCCNC(=O)COCCOCCNC(=O)CSC(C)=O)C(=O)NCCCC[C@@H](NCC(C)=O)C(N)=O)C(N)=O. The van der Waals surface area contributed by atoms with Gasteiger partial charge in [-0.05, 0) is 78.1 Å². The highest BCUT2D eigenvalue weighted by atomic mass is 32.2. The second-order valence-corrected chi connectivity index (χ2v) is 21.5. The fourth-order valence-corrected chi connectivity index (χ4v) is 7.92.